The van der Waals surface area contributed by atoms with E-state index < -0.39 is 11.9 Å². The maximum atomic E-state index is 12.9. The van der Waals surface area contributed by atoms with E-state index in [-0.39, 0.29) is 5.95 Å². The van der Waals surface area contributed by atoms with Crippen LogP contribution in [0.5, 0.6) is 0 Å². The van der Waals surface area contributed by atoms with Crippen LogP contribution in [0.2, 0.25) is 0 Å². The van der Waals surface area contributed by atoms with Crippen molar-refractivity contribution in [3.05, 3.63) is 48.8 Å². The third-order valence-electron chi connectivity index (χ3n) is 5.40. The van der Waals surface area contributed by atoms with Crippen molar-refractivity contribution in [1.82, 2.24) is 29.7 Å². The molecule has 8 nitrogen and oxygen atoms in total. The Kier molecular flexibility index (Phi) is 4.10. The van der Waals surface area contributed by atoms with Gasteiger partial charge in [-0.25, -0.2) is 24.6 Å². The summed E-state index contributed by atoms with van der Waals surface area (Å²) >= 11 is 0. The van der Waals surface area contributed by atoms with Gasteiger partial charge >= 0.3 is 6.18 Å². The van der Waals surface area contributed by atoms with Gasteiger partial charge in [-0.05, 0) is 12.1 Å². The van der Waals surface area contributed by atoms with Crippen LogP contribution in [0, 0.1) is 11.8 Å². The summed E-state index contributed by atoms with van der Waals surface area (Å²) in [4.78, 5) is 20.4. The van der Waals surface area contributed by atoms with Crippen molar-refractivity contribution in [3.8, 4) is 5.82 Å². The van der Waals surface area contributed by atoms with E-state index in [1.54, 1.807) is 10.9 Å². The van der Waals surface area contributed by atoms with Gasteiger partial charge in [0.1, 0.15) is 17.8 Å². The molecule has 11 heteroatoms. The Hall–Kier alpha value is -3.24. The lowest BCUT2D eigenvalue weighted by Gasteiger charge is -2.23. The average molecular weight is 402 g/mol. The molecule has 0 bridgehead atoms. The first-order chi connectivity index (χ1) is 14.0. The highest BCUT2D eigenvalue weighted by Gasteiger charge is 2.42. The topological polar surface area (TPSA) is 75.9 Å². The molecule has 2 fully saturated rings. The molecule has 2 aliphatic heterocycles. The van der Waals surface area contributed by atoms with E-state index in [1.165, 1.54) is 12.5 Å². The normalized spacial score (nSPS) is 21.6. The molecule has 2 atom stereocenters. The van der Waals surface area contributed by atoms with Crippen molar-refractivity contribution in [1.29, 1.82) is 0 Å². The van der Waals surface area contributed by atoms with E-state index >= 15 is 0 Å². The van der Waals surface area contributed by atoms with Gasteiger partial charge in [0.25, 0.3) is 0 Å². The van der Waals surface area contributed by atoms with Crippen molar-refractivity contribution in [2.24, 2.45) is 11.8 Å². The van der Waals surface area contributed by atoms with E-state index in [9.17, 15) is 13.2 Å². The molecule has 0 spiro atoms. The van der Waals surface area contributed by atoms with Gasteiger partial charge in [0.2, 0.25) is 5.95 Å². The number of anilines is 2. The van der Waals surface area contributed by atoms with Crippen LogP contribution in [0.25, 0.3) is 5.82 Å². The van der Waals surface area contributed by atoms with Gasteiger partial charge < -0.3 is 9.80 Å². The Morgan fingerprint density at radius 1 is 0.897 bits per heavy atom. The Balaban J connectivity index is 1.29. The maximum Gasteiger partial charge on any atom is 0.433 e. The summed E-state index contributed by atoms with van der Waals surface area (Å²) in [5.41, 5.74) is -0.909. The van der Waals surface area contributed by atoms with Gasteiger partial charge in [0.05, 0.1) is 0 Å². The highest BCUT2D eigenvalue weighted by atomic mass is 19.4. The third-order valence-corrected chi connectivity index (χ3v) is 5.40. The van der Waals surface area contributed by atoms with Gasteiger partial charge in [-0.15, -0.1) is 0 Å². The molecule has 2 unspecified atom stereocenters. The quantitative estimate of drug-likeness (QED) is 0.664. The van der Waals surface area contributed by atoms with Crippen LogP contribution in [-0.2, 0) is 6.18 Å². The minimum Gasteiger partial charge on any atom is -0.356 e. The number of alkyl halides is 3. The largest absolute Gasteiger partial charge is 0.433 e. The molecule has 3 aromatic rings. The summed E-state index contributed by atoms with van der Waals surface area (Å²) in [5, 5.41) is 4.19. The van der Waals surface area contributed by atoms with Crippen molar-refractivity contribution in [2.75, 3.05) is 36.0 Å². The number of hydrogen-bond donors (Lipinski definition) is 0. The average Bonchev–Trinajstić information content (AvgIpc) is 3.44. The molecule has 2 saturated heterocycles. The van der Waals surface area contributed by atoms with E-state index in [2.05, 4.69) is 29.9 Å². The second-order valence-electron chi connectivity index (χ2n) is 7.25. The minimum atomic E-state index is -4.47. The van der Waals surface area contributed by atoms with Crippen LogP contribution in [0.15, 0.2) is 43.1 Å². The summed E-state index contributed by atoms with van der Waals surface area (Å²) < 4.78 is 40.5. The predicted octanol–water partition coefficient (Wildman–Crippen LogP) is 2.04. The molecule has 150 valence electrons. The summed E-state index contributed by atoms with van der Waals surface area (Å²) in [6.07, 6.45) is 1.72. The van der Waals surface area contributed by atoms with Crippen LogP contribution in [0.4, 0.5) is 24.9 Å². The third kappa shape index (κ3) is 3.36. The van der Waals surface area contributed by atoms with E-state index in [0.717, 1.165) is 25.0 Å². The van der Waals surface area contributed by atoms with Crippen LogP contribution in [0.1, 0.15) is 5.69 Å². The smallest absolute Gasteiger partial charge is 0.356 e. The molecule has 5 heterocycles. The van der Waals surface area contributed by atoms with Gasteiger partial charge in [-0.2, -0.15) is 18.3 Å². The van der Waals surface area contributed by atoms with Crippen molar-refractivity contribution in [2.45, 2.75) is 6.18 Å². The molecule has 0 radical (unpaired) electrons. The molecule has 0 amide bonds. The van der Waals surface area contributed by atoms with Crippen LogP contribution in [-0.4, -0.2) is 55.9 Å². The number of halogens is 3. The van der Waals surface area contributed by atoms with Gasteiger partial charge in [-0.3, -0.25) is 0 Å². The number of aromatic nitrogens is 6. The zero-order valence-corrected chi connectivity index (χ0v) is 15.2. The first-order valence-corrected chi connectivity index (χ1v) is 9.19. The Bertz CT molecular complexity index is 992. The molecule has 0 aromatic carbocycles. The second kappa shape index (κ2) is 6.68. The minimum absolute atomic E-state index is 0.142. The molecule has 5 rings (SSSR count). The lowest BCUT2D eigenvalue weighted by Crippen LogP contribution is -2.30. The predicted molar refractivity (Wildman–Crippen MR) is 97.6 cm³/mol. The number of fused-ring (bicyclic) bond motifs is 1. The van der Waals surface area contributed by atoms with Crippen LogP contribution >= 0.6 is 0 Å². The van der Waals surface area contributed by atoms with Crippen LogP contribution in [0.3, 0.4) is 0 Å². The van der Waals surface area contributed by atoms with E-state index in [4.69, 9.17) is 0 Å². The lowest BCUT2D eigenvalue weighted by molar-refractivity contribution is -0.141. The molecule has 2 aliphatic rings. The molecule has 0 saturated carbocycles. The summed E-state index contributed by atoms with van der Waals surface area (Å²) in [5.74, 6) is 2.29. The van der Waals surface area contributed by atoms with E-state index in [0.29, 0.717) is 30.7 Å². The first kappa shape index (κ1) is 17.8. The Morgan fingerprint density at radius 2 is 1.62 bits per heavy atom. The van der Waals surface area contributed by atoms with Gasteiger partial charge in [-0.1, -0.05) is 0 Å². The van der Waals surface area contributed by atoms with Gasteiger partial charge in [0.15, 0.2) is 5.82 Å². The molecule has 3 aromatic heterocycles. The summed E-state index contributed by atoms with van der Waals surface area (Å²) in [7, 11) is 0. The number of nitrogens with zero attached hydrogens (tertiary/aromatic N) is 8. The van der Waals surface area contributed by atoms with Crippen molar-refractivity contribution in [3.63, 3.8) is 0 Å². The molecular formula is C18H17F3N8. The lowest BCUT2D eigenvalue weighted by atomic mass is 10.0. The van der Waals surface area contributed by atoms with E-state index in [1.807, 2.05) is 23.2 Å². The fourth-order valence-electron chi connectivity index (χ4n) is 4.04. The SMILES string of the molecule is FC(F)(F)c1ccnc(N2CC3CN(c4cc(-n5cccn5)ncn4)CC3C2)n1. The zero-order valence-electron chi connectivity index (χ0n) is 15.2. The second-order valence-corrected chi connectivity index (χ2v) is 7.25. The molecule has 29 heavy (non-hydrogen) atoms. The Labute approximate surface area is 164 Å². The maximum absolute atomic E-state index is 12.9. The Morgan fingerprint density at radius 3 is 2.31 bits per heavy atom. The highest BCUT2D eigenvalue weighted by molar-refractivity contribution is 5.46. The zero-order chi connectivity index (χ0) is 20.0. The fourth-order valence-corrected chi connectivity index (χ4v) is 4.04. The molecular weight excluding hydrogens is 385 g/mol. The van der Waals surface area contributed by atoms with Crippen molar-refractivity contribution < 1.29 is 13.2 Å². The molecule has 0 aliphatic carbocycles. The highest BCUT2D eigenvalue weighted by Crippen LogP contribution is 2.35. The standard InChI is InChI=1S/C18H17F3N8/c19-18(20,21)14-2-4-22-17(26-14)28-9-12-7-27(8-13(12)10-28)15-6-16(24-11-23-15)29-5-1-3-25-29/h1-6,11-13H,7-10H2. The summed E-state index contributed by atoms with van der Waals surface area (Å²) in [6.45, 7) is 2.80. The van der Waals surface area contributed by atoms with Crippen molar-refractivity contribution >= 4 is 11.8 Å². The van der Waals surface area contributed by atoms with Crippen LogP contribution < -0.4 is 9.80 Å². The number of rotatable bonds is 3. The fraction of sp³-hybridized carbons (Fsp3) is 0.389. The van der Waals surface area contributed by atoms with Gasteiger partial charge in [0, 0.05) is 62.7 Å². The number of hydrogen-bond acceptors (Lipinski definition) is 7. The monoisotopic (exact) mass is 402 g/mol. The summed E-state index contributed by atoms with van der Waals surface area (Å²) in [6, 6.07) is 4.61. The first-order valence-electron chi connectivity index (χ1n) is 9.19. The molecule has 0 N–H and O–H groups in total.